The van der Waals surface area contributed by atoms with E-state index in [-0.39, 0.29) is 11.3 Å². The van der Waals surface area contributed by atoms with Crippen molar-refractivity contribution in [1.82, 2.24) is 4.57 Å². The molecule has 4 aliphatic carbocycles. The number of aryl methyl sites for hydroxylation is 1. The first-order valence-corrected chi connectivity index (χ1v) is 9.64. The lowest BCUT2D eigenvalue weighted by Crippen LogP contribution is -2.50. The molecule has 4 bridgehead atoms. The summed E-state index contributed by atoms with van der Waals surface area (Å²) in [6.45, 7) is 3.48. The lowest BCUT2D eigenvalue weighted by atomic mass is 9.49. The molecular formula is C18H26N2O2S. The molecule has 1 aromatic heterocycles. The van der Waals surface area contributed by atoms with Crippen LogP contribution in [0.1, 0.15) is 43.4 Å². The molecule has 0 aromatic carbocycles. The first-order valence-electron chi connectivity index (χ1n) is 8.83. The Kier molecular flexibility index (Phi) is 3.96. The van der Waals surface area contributed by atoms with Gasteiger partial charge < -0.3 is 9.30 Å². The van der Waals surface area contributed by atoms with Crippen LogP contribution in [-0.4, -0.2) is 24.2 Å². The number of hydrogen-bond acceptors (Lipinski definition) is 3. The van der Waals surface area contributed by atoms with Gasteiger partial charge in [-0.2, -0.15) is 4.99 Å². The summed E-state index contributed by atoms with van der Waals surface area (Å²) in [6, 6.07) is 0. The van der Waals surface area contributed by atoms with E-state index in [4.69, 9.17) is 4.74 Å². The molecule has 4 nitrogen and oxygen atoms in total. The Bertz CT molecular complexity index is 638. The molecule has 0 spiro atoms. The van der Waals surface area contributed by atoms with Gasteiger partial charge in [-0.1, -0.05) is 0 Å². The van der Waals surface area contributed by atoms with E-state index in [1.807, 2.05) is 0 Å². The number of hydrogen-bond donors (Lipinski definition) is 0. The van der Waals surface area contributed by atoms with Crippen LogP contribution < -0.4 is 4.80 Å². The van der Waals surface area contributed by atoms with E-state index in [0.717, 1.165) is 48.4 Å². The zero-order valence-electron chi connectivity index (χ0n) is 14.1. The van der Waals surface area contributed by atoms with Gasteiger partial charge in [0.1, 0.15) is 0 Å². The van der Waals surface area contributed by atoms with E-state index < -0.39 is 0 Å². The predicted molar refractivity (Wildman–Crippen MR) is 90.1 cm³/mol. The van der Waals surface area contributed by atoms with Crippen LogP contribution in [0.15, 0.2) is 11.2 Å². The van der Waals surface area contributed by atoms with Gasteiger partial charge in [0.15, 0.2) is 4.80 Å². The highest BCUT2D eigenvalue weighted by molar-refractivity contribution is 7.09. The van der Waals surface area contributed by atoms with Gasteiger partial charge in [-0.15, -0.1) is 11.3 Å². The zero-order valence-corrected chi connectivity index (χ0v) is 14.9. The molecule has 0 saturated heterocycles. The highest BCUT2D eigenvalue weighted by atomic mass is 32.1. The molecule has 4 fully saturated rings. The molecule has 1 amide bonds. The second-order valence-corrected chi connectivity index (χ2v) is 9.14. The highest BCUT2D eigenvalue weighted by Gasteiger charge is 2.54. The summed E-state index contributed by atoms with van der Waals surface area (Å²) in [4.78, 5) is 19.7. The van der Waals surface area contributed by atoms with Gasteiger partial charge in [0.2, 0.25) is 0 Å². The van der Waals surface area contributed by atoms with Crippen LogP contribution in [0.4, 0.5) is 0 Å². The van der Waals surface area contributed by atoms with Crippen molar-refractivity contribution in [2.75, 3.05) is 13.7 Å². The molecule has 1 heterocycles. The van der Waals surface area contributed by atoms with Crippen LogP contribution in [0, 0.1) is 30.1 Å². The molecule has 0 aliphatic heterocycles. The molecule has 4 aliphatic rings. The van der Waals surface area contributed by atoms with Gasteiger partial charge >= 0.3 is 0 Å². The standard InChI is InChI=1S/C18H26N2O2S/c1-12-11-20(3-4-22-2)17(23-12)19-16(21)18-8-13-5-14(9-18)7-15(6-13)10-18/h11,13-15H,3-10H2,1-2H3/b19-17-. The molecule has 0 unspecified atom stereocenters. The number of carbonyl (C=O) groups excluding carboxylic acids is 1. The summed E-state index contributed by atoms with van der Waals surface area (Å²) in [7, 11) is 1.71. The molecule has 0 radical (unpaired) electrons. The molecule has 23 heavy (non-hydrogen) atoms. The summed E-state index contributed by atoms with van der Waals surface area (Å²) in [5.74, 6) is 2.51. The van der Waals surface area contributed by atoms with E-state index in [9.17, 15) is 4.79 Å². The fourth-order valence-electron chi connectivity index (χ4n) is 5.52. The van der Waals surface area contributed by atoms with Gasteiger partial charge in [-0.3, -0.25) is 4.79 Å². The number of rotatable bonds is 4. The van der Waals surface area contributed by atoms with Crippen LogP contribution in [-0.2, 0) is 16.1 Å². The Morgan fingerprint density at radius 3 is 2.48 bits per heavy atom. The topological polar surface area (TPSA) is 43.6 Å². The molecule has 4 saturated carbocycles. The number of methoxy groups -OCH3 is 1. The normalized spacial score (nSPS) is 35.9. The van der Waals surface area contributed by atoms with E-state index >= 15 is 0 Å². The van der Waals surface area contributed by atoms with E-state index in [1.165, 1.54) is 24.1 Å². The third-order valence-corrected chi connectivity index (χ3v) is 7.00. The van der Waals surface area contributed by atoms with Crippen molar-refractivity contribution in [3.05, 3.63) is 15.9 Å². The fraction of sp³-hybridized carbons (Fsp3) is 0.778. The first-order chi connectivity index (χ1) is 11.1. The molecule has 5 rings (SSSR count). The summed E-state index contributed by atoms with van der Waals surface area (Å²) in [5.41, 5.74) is -0.133. The number of amides is 1. The average molecular weight is 334 g/mol. The van der Waals surface area contributed by atoms with Gasteiger partial charge in [0.05, 0.1) is 12.0 Å². The van der Waals surface area contributed by atoms with Gasteiger partial charge in [-0.25, -0.2) is 0 Å². The lowest BCUT2D eigenvalue weighted by molar-refractivity contribution is -0.142. The van der Waals surface area contributed by atoms with Crippen LogP contribution in [0.3, 0.4) is 0 Å². The minimum absolute atomic E-state index is 0.133. The predicted octanol–water partition coefficient (Wildman–Crippen LogP) is 3.15. The third-order valence-electron chi connectivity index (χ3n) is 6.06. The van der Waals surface area contributed by atoms with Crippen LogP contribution in [0.2, 0.25) is 0 Å². The molecular weight excluding hydrogens is 308 g/mol. The van der Waals surface area contributed by atoms with Gasteiger partial charge in [-0.05, 0) is 63.2 Å². The third kappa shape index (κ3) is 2.82. The van der Waals surface area contributed by atoms with Crippen LogP contribution in [0.25, 0.3) is 0 Å². The quantitative estimate of drug-likeness (QED) is 0.849. The van der Waals surface area contributed by atoms with Crippen molar-refractivity contribution in [3.63, 3.8) is 0 Å². The van der Waals surface area contributed by atoms with Crippen molar-refractivity contribution in [3.8, 4) is 0 Å². The summed E-state index contributed by atoms with van der Waals surface area (Å²) >= 11 is 1.62. The summed E-state index contributed by atoms with van der Waals surface area (Å²) in [5, 5.41) is 0. The maximum Gasteiger partial charge on any atom is 0.254 e. The minimum Gasteiger partial charge on any atom is -0.383 e. The van der Waals surface area contributed by atoms with E-state index in [0.29, 0.717) is 6.61 Å². The minimum atomic E-state index is -0.133. The monoisotopic (exact) mass is 334 g/mol. The smallest absolute Gasteiger partial charge is 0.254 e. The molecule has 126 valence electrons. The SMILES string of the molecule is COCCn1cc(C)s/c1=N\C(=O)C12CC3CC(CC(C3)C1)C2. The van der Waals surface area contributed by atoms with Crippen LogP contribution >= 0.6 is 11.3 Å². The zero-order chi connectivity index (χ0) is 16.0. The molecule has 0 atom stereocenters. The molecule has 0 N–H and O–H groups in total. The van der Waals surface area contributed by atoms with Crippen molar-refractivity contribution in [2.24, 2.45) is 28.2 Å². The van der Waals surface area contributed by atoms with Crippen molar-refractivity contribution < 1.29 is 9.53 Å². The second kappa shape index (κ2) is 5.85. The fourth-order valence-corrected chi connectivity index (χ4v) is 6.38. The Morgan fingerprint density at radius 2 is 1.91 bits per heavy atom. The Morgan fingerprint density at radius 1 is 1.30 bits per heavy atom. The summed E-state index contributed by atoms with van der Waals surface area (Å²) in [6.07, 6.45) is 9.42. The maximum absolute atomic E-state index is 13.1. The van der Waals surface area contributed by atoms with Gasteiger partial charge in [0, 0.05) is 24.7 Å². The maximum atomic E-state index is 13.1. The second-order valence-electron chi connectivity index (χ2n) is 7.93. The molecule has 1 aromatic rings. The Hall–Kier alpha value is -0.940. The van der Waals surface area contributed by atoms with Gasteiger partial charge in [0.25, 0.3) is 5.91 Å². The largest absolute Gasteiger partial charge is 0.383 e. The van der Waals surface area contributed by atoms with Crippen LogP contribution in [0.5, 0.6) is 0 Å². The summed E-state index contributed by atoms with van der Waals surface area (Å²) < 4.78 is 7.24. The Labute approximate surface area is 141 Å². The van der Waals surface area contributed by atoms with Crippen molar-refractivity contribution >= 4 is 17.2 Å². The number of carbonyl (C=O) groups is 1. The number of ether oxygens (including phenoxy) is 1. The van der Waals surface area contributed by atoms with Crippen molar-refractivity contribution in [2.45, 2.75) is 52.0 Å². The Balaban J connectivity index is 1.62. The number of nitrogens with zero attached hydrogens (tertiary/aromatic N) is 2. The number of aromatic nitrogens is 1. The average Bonchev–Trinajstić information content (AvgIpc) is 2.83. The van der Waals surface area contributed by atoms with Crippen molar-refractivity contribution in [1.29, 1.82) is 0 Å². The number of thiazole rings is 1. The first kappa shape index (κ1) is 15.6. The molecule has 5 heteroatoms. The highest BCUT2D eigenvalue weighted by Crippen LogP contribution is 2.60. The van der Waals surface area contributed by atoms with E-state index in [1.54, 1.807) is 18.4 Å². The lowest BCUT2D eigenvalue weighted by Gasteiger charge is -2.55. The van der Waals surface area contributed by atoms with E-state index in [2.05, 4.69) is 22.7 Å².